The van der Waals surface area contributed by atoms with E-state index in [4.69, 9.17) is 19.8 Å². The molecule has 6 heteroatoms. The van der Waals surface area contributed by atoms with Crippen molar-refractivity contribution in [2.45, 2.75) is 64.6 Å². The molecule has 0 fully saturated rings. The highest BCUT2D eigenvalue weighted by Gasteiger charge is 2.36. The molecule has 5 nitrogen and oxygen atoms in total. The van der Waals surface area contributed by atoms with Gasteiger partial charge in [0, 0.05) is 0 Å². The van der Waals surface area contributed by atoms with Crippen LogP contribution in [-0.4, -0.2) is 38.7 Å². The molecule has 1 aliphatic rings. The number of ether oxygens (including phenoxy) is 1. The molecule has 0 bridgehead atoms. The maximum Gasteiger partial charge on any atom is 0.631 e. The smallest absolute Gasteiger partial charge is 0.492 e. The number of aliphatic hydroxyl groups is 1. The second-order valence-electron chi connectivity index (χ2n) is 5.86. The highest BCUT2D eigenvalue weighted by atomic mass is 16.5. The van der Waals surface area contributed by atoms with Crippen molar-refractivity contribution < 1.29 is 24.9 Å². The van der Waals surface area contributed by atoms with E-state index < -0.39 is 18.5 Å². The number of hydrogen-bond donors (Lipinski definition) is 4. The molecule has 116 valence electrons. The van der Waals surface area contributed by atoms with Crippen LogP contribution in [-0.2, 0) is 4.74 Å². The highest BCUT2D eigenvalue weighted by molar-refractivity contribution is 6.30. The summed E-state index contributed by atoms with van der Waals surface area (Å²) >= 11 is 0. The summed E-state index contributed by atoms with van der Waals surface area (Å²) < 4.78 is 5.63. The molecule has 0 heterocycles. The van der Waals surface area contributed by atoms with Gasteiger partial charge in [-0.05, 0) is 65.0 Å². The third-order valence-electron chi connectivity index (χ3n) is 3.44. The molecule has 0 amide bonds. The van der Waals surface area contributed by atoms with Crippen molar-refractivity contribution in [1.82, 2.24) is 0 Å². The van der Waals surface area contributed by atoms with Crippen LogP contribution < -0.4 is 0 Å². The molecule has 1 aliphatic carbocycles. The van der Waals surface area contributed by atoms with Gasteiger partial charge in [-0.3, -0.25) is 0 Å². The first-order valence-electron chi connectivity index (χ1n) is 6.86. The Morgan fingerprint density at radius 3 is 2.10 bits per heavy atom. The maximum absolute atomic E-state index is 9.91. The Kier molecular flexibility index (Phi) is 8.12. The Balaban J connectivity index is 0.000000796. The molecule has 0 aromatic rings. The Bertz CT molecular complexity index is 326. The molecule has 20 heavy (non-hydrogen) atoms. The topological polar surface area (TPSA) is 90.2 Å². The minimum absolute atomic E-state index is 0.571. The quantitative estimate of drug-likeness (QED) is 0.464. The van der Waals surface area contributed by atoms with E-state index in [-0.39, 0.29) is 0 Å². The van der Waals surface area contributed by atoms with Gasteiger partial charge in [0.15, 0.2) is 0 Å². The molecular weight excluding hydrogens is 259 g/mol. The summed E-state index contributed by atoms with van der Waals surface area (Å²) in [6.07, 6.45) is 10.9. The van der Waals surface area contributed by atoms with Crippen LogP contribution in [0.2, 0.25) is 0 Å². The summed E-state index contributed by atoms with van der Waals surface area (Å²) in [5.41, 5.74) is -0.0744. The van der Waals surface area contributed by atoms with Crippen molar-refractivity contribution >= 4 is 7.32 Å². The van der Waals surface area contributed by atoms with Gasteiger partial charge >= 0.3 is 7.32 Å². The molecule has 0 unspecified atom stereocenters. The van der Waals surface area contributed by atoms with E-state index in [1.54, 1.807) is 20.1 Å². The summed E-state index contributed by atoms with van der Waals surface area (Å²) in [7, 11) is -2.17. The van der Waals surface area contributed by atoms with Gasteiger partial charge in [-0.2, -0.15) is 0 Å². The summed E-state index contributed by atoms with van der Waals surface area (Å²) in [5, 5.41) is 31.4. The van der Waals surface area contributed by atoms with Gasteiger partial charge in [-0.25, -0.2) is 0 Å². The van der Waals surface area contributed by atoms with Gasteiger partial charge in [-0.1, -0.05) is 6.08 Å². The zero-order valence-electron chi connectivity index (χ0n) is 12.8. The summed E-state index contributed by atoms with van der Waals surface area (Å²) in [4.78, 5) is 0. The van der Waals surface area contributed by atoms with E-state index in [9.17, 15) is 5.11 Å². The lowest BCUT2D eigenvalue weighted by Crippen LogP contribution is -2.46. The van der Waals surface area contributed by atoms with E-state index >= 15 is 0 Å². The minimum Gasteiger partial charge on any atom is -0.492 e. The second kappa shape index (κ2) is 8.47. The first-order valence-corrected chi connectivity index (χ1v) is 6.86. The van der Waals surface area contributed by atoms with Crippen molar-refractivity contribution in [2.24, 2.45) is 0 Å². The predicted octanol–water partition coefficient (Wildman–Crippen LogP) is 1.51. The third-order valence-corrected chi connectivity index (χ3v) is 3.44. The first-order chi connectivity index (χ1) is 9.06. The molecule has 0 aromatic heterocycles. The standard InChI is InChI=1S/C14H24O2.BH3O3/c1-13(2,15)14(3,4)16-11-10-12-8-6-5-7-9-12;2-1(3)4/h8,10-11,15H,5-7,9H2,1-4H3;2-4H/b11-10+;. The van der Waals surface area contributed by atoms with Crippen LogP contribution in [0.4, 0.5) is 0 Å². The third kappa shape index (κ3) is 8.37. The van der Waals surface area contributed by atoms with Gasteiger partial charge in [0.05, 0.1) is 11.9 Å². The molecule has 1 rings (SSSR count). The Labute approximate surface area is 121 Å². The van der Waals surface area contributed by atoms with Gasteiger partial charge in [0.1, 0.15) is 5.60 Å². The van der Waals surface area contributed by atoms with Crippen molar-refractivity contribution in [3.63, 3.8) is 0 Å². The molecule has 0 saturated carbocycles. The normalized spacial score (nSPS) is 16.3. The Morgan fingerprint density at radius 1 is 1.15 bits per heavy atom. The maximum atomic E-state index is 9.91. The monoisotopic (exact) mass is 286 g/mol. The summed E-state index contributed by atoms with van der Waals surface area (Å²) in [6.45, 7) is 7.32. The van der Waals surface area contributed by atoms with E-state index in [0.717, 1.165) is 6.42 Å². The molecule has 0 saturated heterocycles. The van der Waals surface area contributed by atoms with Crippen LogP contribution >= 0.6 is 0 Å². The lowest BCUT2D eigenvalue weighted by Gasteiger charge is -2.36. The van der Waals surface area contributed by atoms with Gasteiger partial charge in [-0.15, -0.1) is 0 Å². The SMILES string of the molecule is CC(C)(O)C(C)(C)O/C=C/C1=CCCCC1.OB(O)O. The number of rotatable bonds is 4. The second-order valence-corrected chi connectivity index (χ2v) is 5.86. The van der Waals surface area contributed by atoms with Crippen LogP contribution in [0.25, 0.3) is 0 Å². The molecule has 0 atom stereocenters. The zero-order chi connectivity index (χ0) is 15.8. The average Bonchev–Trinajstić information content (AvgIpc) is 2.28. The molecule has 0 aromatic carbocycles. The largest absolute Gasteiger partial charge is 0.631 e. The van der Waals surface area contributed by atoms with Crippen molar-refractivity contribution in [3.8, 4) is 0 Å². The van der Waals surface area contributed by atoms with Gasteiger partial charge in [0.2, 0.25) is 0 Å². The van der Waals surface area contributed by atoms with Crippen LogP contribution in [0.1, 0.15) is 53.4 Å². The van der Waals surface area contributed by atoms with Crippen molar-refractivity contribution in [3.05, 3.63) is 24.0 Å². The average molecular weight is 286 g/mol. The molecule has 4 N–H and O–H groups in total. The van der Waals surface area contributed by atoms with E-state index in [1.165, 1.54) is 24.8 Å². The highest BCUT2D eigenvalue weighted by Crippen LogP contribution is 2.26. The number of allylic oxidation sites excluding steroid dienone is 3. The van der Waals surface area contributed by atoms with Crippen LogP contribution in [0.3, 0.4) is 0 Å². The summed E-state index contributed by atoms with van der Waals surface area (Å²) in [5.74, 6) is 0. The lowest BCUT2D eigenvalue weighted by molar-refractivity contribution is -0.113. The fraction of sp³-hybridized carbons (Fsp3) is 0.714. The first kappa shape index (κ1) is 19.2. The Morgan fingerprint density at radius 2 is 1.70 bits per heavy atom. The van der Waals surface area contributed by atoms with Gasteiger partial charge < -0.3 is 24.9 Å². The molecular formula is C14H27BO5. The Hall–Kier alpha value is -0.815. The van der Waals surface area contributed by atoms with Crippen molar-refractivity contribution in [1.29, 1.82) is 0 Å². The molecule has 0 aliphatic heterocycles. The summed E-state index contributed by atoms with van der Waals surface area (Å²) in [6, 6.07) is 0. The lowest BCUT2D eigenvalue weighted by atomic mass is 9.89. The van der Waals surface area contributed by atoms with Crippen LogP contribution in [0.5, 0.6) is 0 Å². The van der Waals surface area contributed by atoms with E-state index in [2.05, 4.69) is 6.08 Å². The fourth-order valence-electron chi connectivity index (χ4n) is 1.45. The zero-order valence-corrected chi connectivity index (χ0v) is 12.8. The molecule has 0 radical (unpaired) electrons. The van der Waals surface area contributed by atoms with Gasteiger partial charge in [0.25, 0.3) is 0 Å². The minimum atomic E-state index is -2.17. The van der Waals surface area contributed by atoms with Crippen molar-refractivity contribution in [2.75, 3.05) is 0 Å². The fourth-order valence-corrected chi connectivity index (χ4v) is 1.45. The predicted molar refractivity (Wildman–Crippen MR) is 79.6 cm³/mol. The van der Waals surface area contributed by atoms with E-state index in [1.807, 2.05) is 19.9 Å². The number of hydrogen-bond acceptors (Lipinski definition) is 5. The van der Waals surface area contributed by atoms with E-state index in [0.29, 0.717) is 0 Å². The molecule has 0 spiro atoms. The van der Waals surface area contributed by atoms with Crippen LogP contribution in [0.15, 0.2) is 24.0 Å². The van der Waals surface area contributed by atoms with Crippen LogP contribution in [0, 0.1) is 0 Å².